The van der Waals surface area contributed by atoms with Crippen molar-refractivity contribution in [2.75, 3.05) is 46.0 Å². The fourth-order valence-corrected chi connectivity index (χ4v) is 4.92. The van der Waals surface area contributed by atoms with Crippen LogP contribution in [-0.4, -0.2) is 72.9 Å². The number of fused-ring (bicyclic) bond motifs is 1. The molecule has 0 radical (unpaired) electrons. The summed E-state index contributed by atoms with van der Waals surface area (Å²) in [5.41, 5.74) is 2.26. The highest BCUT2D eigenvalue weighted by Crippen LogP contribution is 2.34. The molecule has 0 bridgehead atoms. The fraction of sp³-hybridized carbons (Fsp3) is 0.480. The van der Waals surface area contributed by atoms with Gasteiger partial charge in [0, 0.05) is 18.0 Å². The highest BCUT2D eigenvalue weighted by molar-refractivity contribution is 7.10. The maximum atomic E-state index is 13.3. The van der Waals surface area contributed by atoms with Crippen LogP contribution in [0.3, 0.4) is 0 Å². The Labute approximate surface area is 195 Å². The molecule has 0 fully saturated rings. The molecule has 0 saturated carbocycles. The lowest BCUT2D eigenvalue weighted by atomic mass is 10.0. The first-order valence-corrected chi connectivity index (χ1v) is 12.0. The van der Waals surface area contributed by atoms with Gasteiger partial charge in [-0.2, -0.15) is 0 Å². The van der Waals surface area contributed by atoms with Crippen LogP contribution >= 0.6 is 11.3 Å². The predicted octanol–water partition coefficient (Wildman–Crippen LogP) is 3.45. The summed E-state index contributed by atoms with van der Waals surface area (Å²) in [6, 6.07) is 9.95. The van der Waals surface area contributed by atoms with Crippen LogP contribution in [0.15, 0.2) is 48.4 Å². The Hall–Kier alpha value is -2.19. The summed E-state index contributed by atoms with van der Waals surface area (Å²) < 4.78 is 11.5. The van der Waals surface area contributed by atoms with Crippen LogP contribution in [0.5, 0.6) is 5.75 Å². The van der Waals surface area contributed by atoms with E-state index in [4.69, 9.17) is 9.47 Å². The highest BCUT2D eigenvalue weighted by Gasteiger charge is 2.33. The molecule has 2 heterocycles. The molecule has 7 heteroatoms. The number of aryl methyl sites for hydroxylation is 1. The molecule has 1 aromatic carbocycles. The minimum atomic E-state index is -0.646. The minimum Gasteiger partial charge on any atom is -0.491 e. The van der Waals surface area contributed by atoms with E-state index in [1.54, 1.807) is 17.4 Å². The zero-order valence-electron chi connectivity index (χ0n) is 19.0. The molecule has 0 spiro atoms. The van der Waals surface area contributed by atoms with Gasteiger partial charge in [-0.1, -0.05) is 31.2 Å². The van der Waals surface area contributed by atoms with Crippen molar-refractivity contribution in [1.29, 1.82) is 0 Å². The van der Waals surface area contributed by atoms with Gasteiger partial charge in [0.1, 0.15) is 12.4 Å². The van der Waals surface area contributed by atoms with Crippen LogP contribution in [0, 0.1) is 6.92 Å². The zero-order valence-corrected chi connectivity index (χ0v) is 19.9. The Morgan fingerprint density at radius 3 is 2.97 bits per heavy atom. The number of hydrogen-bond donors (Lipinski definition) is 1. The molecule has 1 aliphatic heterocycles. The topological polar surface area (TPSA) is 62.2 Å². The van der Waals surface area contributed by atoms with Gasteiger partial charge in [0.25, 0.3) is 0 Å². The average Bonchev–Trinajstić information content (AvgIpc) is 3.27. The third-order valence-corrected chi connectivity index (χ3v) is 6.72. The minimum absolute atomic E-state index is 0.0568. The van der Waals surface area contributed by atoms with Crippen LogP contribution in [0.25, 0.3) is 0 Å². The van der Waals surface area contributed by atoms with Crippen LogP contribution in [-0.2, 0) is 16.0 Å². The van der Waals surface area contributed by atoms with E-state index < -0.39 is 6.10 Å². The second-order valence-electron chi connectivity index (χ2n) is 8.04. The van der Waals surface area contributed by atoms with E-state index in [1.807, 2.05) is 47.9 Å². The average molecular weight is 459 g/mol. The molecular weight excluding hydrogens is 424 g/mol. The van der Waals surface area contributed by atoms with E-state index in [0.29, 0.717) is 32.8 Å². The van der Waals surface area contributed by atoms with E-state index in [0.717, 1.165) is 17.7 Å². The summed E-state index contributed by atoms with van der Waals surface area (Å²) >= 11 is 1.75. The van der Waals surface area contributed by atoms with Gasteiger partial charge in [0.2, 0.25) is 5.91 Å². The standard InChI is InChI=1S/C25H34N2O4S/c1-4-13-30-17-20(28)15-26(5-2)16-25(29)27-12-10-24-21(11-14-32-24)22(27)18-31-23-9-7-6-8-19(23)3/h4,6-9,11,14,20,22,28H,1,5,10,12-13,15-18H2,2-3H3/t20-,22+/m0/s1. The summed E-state index contributed by atoms with van der Waals surface area (Å²) in [7, 11) is 0. The van der Waals surface area contributed by atoms with Gasteiger partial charge in [-0.25, -0.2) is 0 Å². The van der Waals surface area contributed by atoms with Crippen molar-refractivity contribution in [3.05, 3.63) is 64.4 Å². The summed E-state index contributed by atoms with van der Waals surface area (Å²) in [5, 5.41) is 12.3. The number of para-hydroxylation sites is 1. The van der Waals surface area contributed by atoms with E-state index in [-0.39, 0.29) is 25.1 Å². The van der Waals surface area contributed by atoms with E-state index >= 15 is 0 Å². The summed E-state index contributed by atoms with van der Waals surface area (Å²) in [6.07, 6.45) is 1.87. The van der Waals surface area contributed by atoms with Crippen LogP contribution in [0.2, 0.25) is 0 Å². The lowest BCUT2D eigenvalue weighted by Crippen LogP contribution is -2.48. The highest BCUT2D eigenvalue weighted by atomic mass is 32.1. The number of thiophene rings is 1. The second kappa shape index (κ2) is 12.2. The Morgan fingerprint density at radius 2 is 2.22 bits per heavy atom. The monoisotopic (exact) mass is 458 g/mol. The maximum absolute atomic E-state index is 13.3. The number of benzene rings is 1. The maximum Gasteiger partial charge on any atom is 0.237 e. The summed E-state index contributed by atoms with van der Waals surface area (Å²) in [4.78, 5) is 18.6. The molecule has 0 unspecified atom stereocenters. The second-order valence-corrected chi connectivity index (χ2v) is 9.04. The molecule has 1 amide bonds. The number of aliphatic hydroxyl groups excluding tert-OH is 1. The van der Waals surface area contributed by atoms with Gasteiger partial charge in [-0.15, -0.1) is 17.9 Å². The molecule has 2 atom stereocenters. The predicted molar refractivity (Wildman–Crippen MR) is 128 cm³/mol. The lowest BCUT2D eigenvalue weighted by molar-refractivity contribution is -0.136. The Bertz CT molecular complexity index is 884. The summed E-state index contributed by atoms with van der Waals surface area (Å²) in [5.74, 6) is 0.904. The summed E-state index contributed by atoms with van der Waals surface area (Å²) in [6.45, 7) is 10.7. The molecule has 6 nitrogen and oxygen atoms in total. The zero-order chi connectivity index (χ0) is 22.9. The van der Waals surface area contributed by atoms with Crippen molar-refractivity contribution >= 4 is 17.2 Å². The molecule has 32 heavy (non-hydrogen) atoms. The SMILES string of the molecule is C=CCOC[C@@H](O)CN(CC)CC(=O)N1CCc2sccc2[C@H]1COc1ccccc1C. The number of hydrogen-bond acceptors (Lipinski definition) is 6. The van der Waals surface area contributed by atoms with E-state index in [2.05, 4.69) is 18.0 Å². The molecule has 1 aromatic heterocycles. The molecule has 1 aliphatic rings. The van der Waals surface area contributed by atoms with Gasteiger partial charge in [-0.05, 0) is 48.5 Å². The number of ether oxygens (including phenoxy) is 2. The van der Waals surface area contributed by atoms with Crippen LogP contribution in [0.1, 0.15) is 29.0 Å². The molecule has 3 rings (SSSR count). The normalized spacial score (nSPS) is 16.6. The molecule has 0 saturated heterocycles. The number of carbonyl (C=O) groups is 1. The molecule has 0 aliphatic carbocycles. The number of rotatable bonds is 12. The van der Waals surface area contributed by atoms with Gasteiger partial charge in [0.15, 0.2) is 0 Å². The number of nitrogens with zero attached hydrogens (tertiary/aromatic N) is 2. The van der Waals surface area contributed by atoms with E-state index in [1.165, 1.54) is 10.4 Å². The Balaban J connectivity index is 1.66. The largest absolute Gasteiger partial charge is 0.491 e. The molecule has 174 valence electrons. The van der Waals surface area contributed by atoms with Crippen LogP contribution in [0.4, 0.5) is 0 Å². The number of carbonyl (C=O) groups excluding carboxylic acids is 1. The third-order valence-electron chi connectivity index (χ3n) is 5.73. The van der Waals surface area contributed by atoms with E-state index in [9.17, 15) is 9.90 Å². The van der Waals surface area contributed by atoms with Gasteiger partial charge in [0.05, 0.1) is 31.9 Å². The number of amides is 1. The van der Waals surface area contributed by atoms with Crippen molar-refractivity contribution in [2.45, 2.75) is 32.4 Å². The smallest absolute Gasteiger partial charge is 0.237 e. The molecule has 1 N–H and O–H groups in total. The Kier molecular flexibility index (Phi) is 9.29. The van der Waals surface area contributed by atoms with Gasteiger partial charge in [-0.3, -0.25) is 9.69 Å². The van der Waals surface area contributed by atoms with Crippen molar-refractivity contribution in [2.24, 2.45) is 0 Å². The van der Waals surface area contributed by atoms with Gasteiger partial charge >= 0.3 is 0 Å². The van der Waals surface area contributed by atoms with Crippen molar-refractivity contribution < 1.29 is 19.4 Å². The van der Waals surface area contributed by atoms with Crippen LogP contribution < -0.4 is 4.74 Å². The Morgan fingerprint density at radius 1 is 1.41 bits per heavy atom. The lowest BCUT2D eigenvalue weighted by Gasteiger charge is -2.37. The fourth-order valence-electron chi connectivity index (χ4n) is 3.99. The quantitative estimate of drug-likeness (QED) is 0.390. The first kappa shape index (κ1) is 24.5. The first-order chi connectivity index (χ1) is 15.5. The van der Waals surface area contributed by atoms with Crippen molar-refractivity contribution in [3.8, 4) is 5.75 Å². The number of aliphatic hydroxyl groups is 1. The first-order valence-electron chi connectivity index (χ1n) is 11.2. The number of likely N-dealkylation sites (N-methyl/N-ethyl adjacent to an activating group) is 1. The molecule has 2 aromatic rings. The molecular formula is C25H34N2O4S. The van der Waals surface area contributed by atoms with Crippen molar-refractivity contribution in [1.82, 2.24) is 9.80 Å². The van der Waals surface area contributed by atoms with Gasteiger partial charge < -0.3 is 19.5 Å². The van der Waals surface area contributed by atoms with Crippen molar-refractivity contribution in [3.63, 3.8) is 0 Å². The third kappa shape index (κ3) is 6.42.